The molecule has 0 fully saturated rings. The number of rotatable bonds is 5. The molecular formula is C23H22N4O. The summed E-state index contributed by atoms with van der Waals surface area (Å²) < 4.78 is 1.71. The van der Waals surface area contributed by atoms with Crippen LogP contribution in [0.2, 0.25) is 0 Å². The molecule has 1 unspecified atom stereocenters. The molecule has 1 aromatic heterocycles. The lowest BCUT2D eigenvalue weighted by Crippen LogP contribution is -2.31. The molecule has 4 aromatic rings. The number of hydrogen-bond acceptors (Lipinski definition) is 3. The standard InChI is InChI=1S/C23H22N4O/c1-17(19-9-11-22(12-10-19)27-16-24-15-25-27)26(2)23(28)14-18-7-8-20-5-3-4-6-21(20)13-18/h3-13,15-17H,14H2,1-2H3. The second-order valence-electron chi connectivity index (χ2n) is 6.97. The predicted octanol–water partition coefficient (Wildman–Crippen LogP) is 4.18. The third-order valence-corrected chi connectivity index (χ3v) is 5.20. The fourth-order valence-electron chi connectivity index (χ4n) is 3.33. The van der Waals surface area contributed by atoms with E-state index in [4.69, 9.17) is 0 Å². The van der Waals surface area contributed by atoms with Gasteiger partial charge in [-0.25, -0.2) is 9.67 Å². The van der Waals surface area contributed by atoms with E-state index in [1.165, 1.54) is 11.7 Å². The summed E-state index contributed by atoms with van der Waals surface area (Å²) in [5.41, 5.74) is 3.06. The van der Waals surface area contributed by atoms with E-state index in [0.717, 1.165) is 22.2 Å². The van der Waals surface area contributed by atoms with Gasteiger partial charge in [-0.1, -0.05) is 54.6 Å². The third kappa shape index (κ3) is 3.64. The lowest BCUT2D eigenvalue weighted by molar-refractivity contribution is -0.131. The Hall–Kier alpha value is -3.47. The summed E-state index contributed by atoms with van der Waals surface area (Å²) >= 11 is 0. The lowest BCUT2D eigenvalue weighted by Gasteiger charge is -2.25. The molecule has 0 N–H and O–H groups in total. The van der Waals surface area contributed by atoms with E-state index >= 15 is 0 Å². The molecule has 0 saturated heterocycles. The molecule has 4 rings (SSSR count). The zero-order valence-corrected chi connectivity index (χ0v) is 16.0. The minimum atomic E-state index is -0.0160. The lowest BCUT2D eigenvalue weighted by atomic mass is 10.0. The van der Waals surface area contributed by atoms with Crippen molar-refractivity contribution < 1.29 is 4.79 Å². The maximum absolute atomic E-state index is 12.8. The van der Waals surface area contributed by atoms with Crippen molar-refractivity contribution in [3.63, 3.8) is 0 Å². The van der Waals surface area contributed by atoms with Gasteiger partial charge in [-0.15, -0.1) is 0 Å². The van der Waals surface area contributed by atoms with Crippen LogP contribution in [-0.2, 0) is 11.2 Å². The summed E-state index contributed by atoms with van der Waals surface area (Å²) in [4.78, 5) is 18.6. The van der Waals surface area contributed by atoms with E-state index < -0.39 is 0 Å². The molecule has 3 aromatic carbocycles. The maximum atomic E-state index is 12.8. The van der Waals surface area contributed by atoms with Gasteiger partial charge in [0.2, 0.25) is 5.91 Å². The molecule has 1 amide bonds. The van der Waals surface area contributed by atoms with Crippen LogP contribution in [0.15, 0.2) is 79.4 Å². The van der Waals surface area contributed by atoms with Crippen LogP contribution < -0.4 is 0 Å². The zero-order valence-electron chi connectivity index (χ0n) is 16.0. The first-order chi connectivity index (χ1) is 13.6. The molecule has 0 spiro atoms. The Morgan fingerprint density at radius 2 is 1.79 bits per heavy atom. The average Bonchev–Trinajstić information content (AvgIpc) is 3.27. The van der Waals surface area contributed by atoms with Crippen molar-refractivity contribution in [2.45, 2.75) is 19.4 Å². The third-order valence-electron chi connectivity index (χ3n) is 5.20. The van der Waals surface area contributed by atoms with Crippen LogP contribution in [0.1, 0.15) is 24.1 Å². The van der Waals surface area contributed by atoms with Crippen LogP contribution in [0.3, 0.4) is 0 Å². The molecule has 0 aliphatic carbocycles. The van der Waals surface area contributed by atoms with Gasteiger partial charge in [0.1, 0.15) is 12.7 Å². The maximum Gasteiger partial charge on any atom is 0.227 e. The quantitative estimate of drug-likeness (QED) is 0.529. The van der Waals surface area contributed by atoms with Crippen LogP contribution in [0.5, 0.6) is 0 Å². The van der Waals surface area contributed by atoms with Gasteiger partial charge >= 0.3 is 0 Å². The van der Waals surface area contributed by atoms with Gasteiger partial charge in [0.05, 0.1) is 18.2 Å². The minimum absolute atomic E-state index is 0.0160. The van der Waals surface area contributed by atoms with E-state index in [9.17, 15) is 4.79 Å². The number of amides is 1. The van der Waals surface area contributed by atoms with Gasteiger partial charge in [0.15, 0.2) is 0 Å². The van der Waals surface area contributed by atoms with Crippen molar-refractivity contribution in [2.75, 3.05) is 7.05 Å². The molecule has 0 saturated carbocycles. The van der Waals surface area contributed by atoms with E-state index in [0.29, 0.717) is 6.42 Å². The number of aromatic nitrogens is 3. The fourth-order valence-corrected chi connectivity index (χ4v) is 3.33. The molecule has 140 valence electrons. The smallest absolute Gasteiger partial charge is 0.227 e. The van der Waals surface area contributed by atoms with Crippen LogP contribution in [-0.4, -0.2) is 32.6 Å². The molecule has 28 heavy (non-hydrogen) atoms. The number of nitrogens with zero attached hydrogens (tertiary/aromatic N) is 4. The van der Waals surface area contributed by atoms with Crippen LogP contribution in [0.25, 0.3) is 16.5 Å². The summed E-state index contributed by atoms with van der Waals surface area (Å²) in [6, 6.07) is 22.4. The number of hydrogen-bond donors (Lipinski definition) is 0. The second kappa shape index (κ2) is 7.64. The molecule has 1 heterocycles. The van der Waals surface area contributed by atoms with Crippen molar-refractivity contribution in [2.24, 2.45) is 0 Å². The van der Waals surface area contributed by atoms with Crippen molar-refractivity contribution in [3.8, 4) is 5.69 Å². The fraction of sp³-hybridized carbons (Fsp3) is 0.174. The number of benzene rings is 3. The summed E-state index contributed by atoms with van der Waals surface area (Å²) in [6.07, 6.45) is 3.57. The predicted molar refractivity (Wildman–Crippen MR) is 110 cm³/mol. The van der Waals surface area contributed by atoms with Gasteiger partial charge in [-0.3, -0.25) is 4.79 Å². The van der Waals surface area contributed by atoms with Gasteiger partial charge < -0.3 is 4.90 Å². The van der Waals surface area contributed by atoms with E-state index in [-0.39, 0.29) is 11.9 Å². The molecule has 5 heteroatoms. The molecular weight excluding hydrogens is 348 g/mol. The Balaban J connectivity index is 1.46. The largest absolute Gasteiger partial charge is 0.339 e. The van der Waals surface area contributed by atoms with Crippen molar-refractivity contribution in [3.05, 3.63) is 90.5 Å². The molecule has 0 radical (unpaired) electrons. The number of fused-ring (bicyclic) bond motifs is 1. The average molecular weight is 370 g/mol. The molecule has 0 aliphatic rings. The summed E-state index contributed by atoms with van der Waals surface area (Å²) in [6.45, 7) is 2.04. The van der Waals surface area contributed by atoms with Crippen molar-refractivity contribution >= 4 is 16.7 Å². The molecule has 0 aliphatic heterocycles. The van der Waals surface area contributed by atoms with Gasteiger partial charge in [0.25, 0.3) is 0 Å². The molecule has 5 nitrogen and oxygen atoms in total. The Kier molecular flexibility index (Phi) is 4.89. The SMILES string of the molecule is CC(c1ccc(-n2cncn2)cc1)N(C)C(=O)Cc1ccc2ccccc2c1. The highest BCUT2D eigenvalue weighted by Crippen LogP contribution is 2.22. The Labute approximate surface area is 164 Å². The zero-order chi connectivity index (χ0) is 19.5. The highest BCUT2D eigenvalue weighted by Gasteiger charge is 2.18. The van der Waals surface area contributed by atoms with E-state index in [1.54, 1.807) is 15.9 Å². The highest BCUT2D eigenvalue weighted by molar-refractivity contribution is 5.85. The molecule has 0 bridgehead atoms. The topological polar surface area (TPSA) is 51.0 Å². The Morgan fingerprint density at radius 1 is 1.04 bits per heavy atom. The first-order valence-corrected chi connectivity index (χ1v) is 9.30. The number of likely N-dealkylation sites (N-methyl/N-ethyl adjacent to an activating group) is 1. The number of carbonyl (C=O) groups is 1. The summed E-state index contributed by atoms with van der Waals surface area (Å²) in [5.74, 6) is 0.100. The van der Waals surface area contributed by atoms with Crippen LogP contribution >= 0.6 is 0 Å². The first-order valence-electron chi connectivity index (χ1n) is 9.30. The summed E-state index contributed by atoms with van der Waals surface area (Å²) in [7, 11) is 1.86. The van der Waals surface area contributed by atoms with Crippen LogP contribution in [0.4, 0.5) is 0 Å². The first kappa shape index (κ1) is 17.9. The second-order valence-corrected chi connectivity index (χ2v) is 6.97. The normalized spacial score (nSPS) is 12.1. The van der Waals surface area contributed by atoms with Gasteiger partial charge in [-0.05, 0) is 41.0 Å². The monoisotopic (exact) mass is 370 g/mol. The number of carbonyl (C=O) groups excluding carboxylic acids is 1. The van der Waals surface area contributed by atoms with Crippen molar-refractivity contribution in [1.82, 2.24) is 19.7 Å². The highest BCUT2D eigenvalue weighted by atomic mass is 16.2. The van der Waals surface area contributed by atoms with Gasteiger partial charge in [0, 0.05) is 7.05 Å². The van der Waals surface area contributed by atoms with Crippen molar-refractivity contribution in [1.29, 1.82) is 0 Å². The summed E-state index contributed by atoms with van der Waals surface area (Å²) in [5, 5.41) is 6.48. The van der Waals surface area contributed by atoms with E-state index in [2.05, 4.69) is 34.3 Å². The molecule has 1 atom stereocenters. The van der Waals surface area contributed by atoms with E-state index in [1.807, 2.05) is 56.4 Å². The van der Waals surface area contributed by atoms with Gasteiger partial charge in [-0.2, -0.15) is 5.10 Å². The minimum Gasteiger partial charge on any atom is -0.339 e. The Morgan fingerprint density at radius 3 is 2.50 bits per heavy atom. The van der Waals surface area contributed by atoms with Crippen LogP contribution in [0, 0.1) is 0 Å². The Bertz CT molecular complexity index is 1090.